The van der Waals surface area contributed by atoms with Crippen LogP contribution < -0.4 is 5.32 Å². The third-order valence-electron chi connectivity index (χ3n) is 5.35. The number of benzene rings is 1. The minimum atomic E-state index is -1.21. The second kappa shape index (κ2) is 6.52. The molecule has 8 nitrogen and oxygen atoms in total. The summed E-state index contributed by atoms with van der Waals surface area (Å²) >= 11 is 1.40. The van der Waals surface area contributed by atoms with Crippen LogP contribution in [0.1, 0.15) is 25.5 Å². The number of carboxylic acid groups (broad SMARTS) is 1. The standard InChI is InChI=1S/C19H21N3O5S/c1-19(2)20-12(10-7-5-4-6-8-10)15(23)22(19)14-16(24)21-13(18(25)26)11(27-3)9-28-17(14)21/h4-8,12,14,17,20H,9H2,1-3H3,(H,25,26)/t12?,14-,17+/m1/s1. The van der Waals surface area contributed by atoms with E-state index in [1.165, 1.54) is 23.8 Å². The number of hydrogen-bond acceptors (Lipinski definition) is 6. The first-order valence-electron chi connectivity index (χ1n) is 8.89. The molecule has 0 bridgehead atoms. The number of carboxylic acids is 1. The highest BCUT2D eigenvalue weighted by Crippen LogP contribution is 2.46. The summed E-state index contributed by atoms with van der Waals surface area (Å²) in [5, 5.41) is 12.4. The predicted octanol–water partition coefficient (Wildman–Crippen LogP) is 1.12. The molecular weight excluding hydrogens is 382 g/mol. The average molecular weight is 403 g/mol. The maximum atomic E-state index is 13.2. The van der Waals surface area contributed by atoms with E-state index in [4.69, 9.17) is 4.74 Å². The van der Waals surface area contributed by atoms with Crippen molar-refractivity contribution in [1.82, 2.24) is 15.1 Å². The first-order chi connectivity index (χ1) is 13.3. The molecule has 2 N–H and O–H groups in total. The molecule has 0 radical (unpaired) electrons. The number of amides is 2. The minimum Gasteiger partial charge on any atom is -0.498 e. The zero-order valence-corrected chi connectivity index (χ0v) is 16.5. The largest absolute Gasteiger partial charge is 0.498 e. The maximum absolute atomic E-state index is 13.2. The van der Waals surface area contributed by atoms with E-state index in [2.05, 4.69) is 5.32 Å². The Labute approximate surface area is 166 Å². The Morgan fingerprint density at radius 3 is 2.54 bits per heavy atom. The number of rotatable bonds is 4. The summed E-state index contributed by atoms with van der Waals surface area (Å²) in [6.07, 6.45) is 0. The quantitative estimate of drug-likeness (QED) is 0.727. The Morgan fingerprint density at radius 2 is 1.93 bits per heavy atom. The monoisotopic (exact) mass is 403 g/mol. The molecule has 3 aliphatic rings. The number of β-lactam (4-membered cyclic amide) rings is 1. The number of nitrogens with zero attached hydrogens (tertiary/aromatic N) is 2. The second-order valence-corrected chi connectivity index (χ2v) is 8.50. The van der Waals surface area contributed by atoms with Crippen LogP contribution in [0.3, 0.4) is 0 Å². The molecule has 0 aromatic heterocycles. The van der Waals surface area contributed by atoms with Crippen LogP contribution in [0.2, 0.25) is 0 Å². The van der Waals surface area contributed by atoms with Gasteiger partial charge in [-0.15, -0.1) is 11.8 Å². The van der Waals surface area contributed by atoms with Crippen LogP contribution in [0.25, 0.3) is 0 Å². The maximum Gasteiger partial charge on any atom is 0.356 e. The van der Waals surface area contributed by atoms with Gasteiger partial charge in [-0.1, -0.05) is 30.3 Å². The van der Waals surface area contributed by atoms with Gasteiger partial charge in [-0.3, -0.25) is 19.8 Å². The highest BCUT2D eigenvalue weighted by Gasteiger charge is 2.62. The lowest BCUT2D eigenvalue weighted by Gasteiger charge is -2.54. The minimum absolute atomic E-state index is 0.135. The molecule has 28 heavy (non-hydrogen) atoms. The second-order valence-electron chi connectivity index (χ2n) is 7.39. The van der Waals surface area contributed by atoms with Gasteiger partial charge in [-0.2, -0.15) is 0 Å². The van der Waals surface area contributed by atoms with E-state index < -0.39 is 35.0 Å². The summed E-state index contributed by atoms with van der Waals surface area (Å²) < 4.78 is 5.15. The van der Waals surface area contributed by atoms with Gasteiger partial charge in [-0.05, 0) is 19.4 Å². The normalized spacial score (nSPS) is 28.9. The number of aliphatic carboxylic acids is 1. The van der Waals surface area contributed by atoms with E-state index in [-0.39, 0.29) is 17.4 Å². The molecule has 3 atom stereocenters. The number of thioether (sulfide) groups is 1. The van der Waals surface area contributed by atoms with Crippen LogP contribution in [0.15, 0.2) is 41.8 Å². The molecule has 2 amide bonds. The molecule has 2 saturated heterocycles. The molecule has 2 fully saturated rings. The van der Waals surface area contributed by atoms with E-state index in [1.54, 1.807) is 4.90 Å². The smallest absolute Gasteiger partial charge is 0.356 e. The highest BCUT2D eigenvalue weighted by atomic mass is 32.2. The van der Waals surface area contributed by atoms with Gasteiger partial charge < -0.3 is 14.7 Å². The molecule has 3 heterocycles. The summed E-state index contributed by atoms with van der Waals surface area (Å²) in [6.45, 7) is 3.71. The Balaban J connectivity index is 1.65. The van der Waals surface area contributed by atoms with Crippen molar-refractivity contribution in [2.75, 3.05) is 12.9 Å². The summed E-state index contributed by atoms with van der Waals surface area (Å²) in [6, 6.07) is 8.08. The lowest BCUT2D eigenvalue weighted by Crippen LogP contribution is -2.73. The van der Waals surface area contributed by atoms with Crippen molar-refractivity contribution >= 4 is 29.5 Å². The predicted molar refractivity (Wildman–Crippen MR) is 102 cm³/mol. The topological polar surface area (TPSA) is 99.2 Å². The fraction of sp³-hybridized carbons (Fsp3) is 0.421. The summed E-state index contributed by atoms with van der Waals surface area (Å²) in [5.74, 6) is -1.20. The molecule has 148 valence electrons. The summed E-state index contributed by atoms with van der Waals surface area (Å²) in [5.41, 5.74) is -0.0561. The van der Waals surface area contributed by atoms with Crippen LogP contribution in [-0.4, -0.2) is 62.6 Å². The lowest BCUT2D eigenvalue weighted by molar-refractivity contribution is -0.162. The Kier molecular flexibility index (Phi) is 4.39. The lowest BCUT2D eigenvalue weighted by atomic mass is 9.99. The van der Waals surface area contributed by atoms with Crippen molar-refractivity contribution < 1.29 is 24.2 Å². The van der Waals surface area contributed by atoms with Crippen molar-refractivity contribution in [1.29, 1.82) is 0 Å². The highest BCUT2D eigenvalue weighted by molar-refractivity contribution is 8.00. The molecular formula is C19H21N3O5S. The molecule has 0 spiro atoms. The molecule has 9 heteroatoms. The number of hydrogen-bond donors (Lipinski definition) is 2. The molecule has 1 aromatic carbocycles. The molecule has 0 aliphatic carbocycles. The molecule has 1 aromatic rings. The van der Waals surface area contributed by atoms with Crippen LogP contribution >= 0.6 is 11.8 Å². The van der Waals surface area contributed by atoms with E-state index in [9.17, 15) is 19.5 Å². The average Bonchev–Trinajstić information content (AvgIpc) is 2.91. The zero-order valence-electron chi connectivity index (χ0n) is 15.7. The van der Waals surface area contributed by atoms with Crippen LogP contribution in [0, 0.1) is 0 Å². The van der Waals surface area contributed by atoms with E-state index in [1.807, 2.05) is 44.2 Å². The van der Waals surface area contributed by atoms with E-state index >= 15 is 0 Å². The molecule has 4 rings (SSSR count). The summed E-state index contributed by atoms with van der Waals surface area (Å²) in [4.78, 5) is 40.7. The Bertz CT molecular complexity index is 885. The van der Waals surface area contributed by atoms with E-state index in [0.29, 0.717) is 5.75 Å². The molecule has 3 aliphatic heterocycles. The van der Waals surface area contributed by atoms with Crippen molar-refractivity contribution in [2.24, 2.45) is 0 Å². The van der Waals surface area contributed by atoms with Gasteiger partial charge in [-0.25, -0.2) is 4.79 Å². The number of nitrogens with one attached hydrogen (secondary N) is 1. The van der Waals surface area contributed by atoms with Gasteiger partial charge in [0.1, 0.15) is 23.2 Å². The fourth-order valence-corrected chi connectivity index (χ4v) is 5.44. The van der Waals surface area contributed by atoms with Gasteiger partial charge >= 0.3 is 5.97 Å². The molecule has 1 unspecified atom stereocenters. The first-order valence-corrected chi connectivity index (χ1v) is 9.93. The third kappa shape index (κ3) is 2.61. The SMILES string of the molecule is COC1=C(C(=O)O)N2C(=O)[C@@H](N3C(=O)C(c4ccccc4)NC3(C)C)[C@@H]2SC1. The number of carbonyl (C=O) groups is 3. The zero-order chi connectivity index (χ0) is 20.2. The van der Waals surface area contributed by atoms with Gasteiger partial charge in [0, 0.05) is 0 Å². The summed E-state index contributed by atoms with van der Waals surface area (Å²) in [7, 11) is 1.39. The van der Waals surface area contributed by atoms with E-state index in [0.717, 1.165) is 5.56 Å². The number of fused-ring (bicyclic) bond motifs is 1. The fourth-order valence-electron chi connectivity index (χ4n) is 4.09. The number of carbonyl (C=O) groups excluding carboxylic acids is 2. The van der Waals surface area contributed by atoms with Crippen molar-refractivity contribution in [2.45, 2.75) is 37.0 Å². The van der Waals surface area contributed by atoms with Crippen LogP contribution in [-0.2, 0) is 19.1 Å². The molecule has 0 saturated carbocycles. The van der Waals surface area contributed by atoms with Crippen LogP contribution in [0.4, 0.5) is 0 Å². The van der Waals surface area contributed by atoms with Gasteiger partial charge in [0.15, 0.2) is 5.70 Å². The van der Waals surface area contributed by atoms with Crippen molar-refractivity contribution in [3.63, 3.8) is 0 Å². The van der Waals surface area contributed by atoms with Crippen molar-refractivity contribution in [3.8, 4) is 0 Å². The van der Waals surface area contributed by atoms with Gasteiger partial charge in [0.25, 0.3) is 5.91 Å². The van der Waals surface area contributed by atoms with Gasteiger partial charge in [0.2, 0.25) is 5.91 Å². The Hall–Kier alpha value is -2.52. The number of methoxy groups -OCH3 is 1. The first kappa shape index (κ1) is 18.8. The van der Waals surface area contributed by atoms with Crippen molar-refractivity contribution in [3.05, 3.63) is 47.4 Å². The van der Waals surface area contributed by atoms with Gasteiger partial charge in [0.05, 0.1) is 18.5 Å². The number of ether oxygens (including phenoxy) is 1. The van der Waals surface area contributed by atoms with Crippen LogP contribution in [0.5, 0.6) is 0 Å². The third-order valence-corrected chi connectivity index (χ3v) is 6.59. The Morgan fingerprint density at radius 1 is 1.25 bits per heavy atom.